The number of carboxylic acid groups (broad SMARTS) is 1. The molecule has 1 N–H and O–H groups in total. The fraction of sp³-hybridized carbons (Fsp3) is 0.625. The van der Waals surface area contributed by atoms with Gasteiger partial charge in [-0.05, 0) is 12.8 Å². The Hall–Kier alpha value is -1.19. The molecule has 12 heavy (non-hydrogen) atoms. The summed E-state index contributed by atoms with van der Waals surface area (Å²) in [5, 5.41) is 8.76. The van der Waals surface area contributed by atoms with E-state index >= 15 is 0 Å². The highest BCUT2D eigenvalue weighted by atomic mass is 16.5. The van der Waals surface area contributed by atoms with Crippen LogP contribution in [0.4, 0.5) is 4.79 Å². The molecular formula is C8H13NO3. The molecule has 1 fully saturated rings. The fourth-order valence-electron chi connectivity index (χ4n) is 1.47. The smallest absolute Gasteiger partial charge is 0.407 e. The fourth-order valence-corrected chi connectivity index (χ4v) is 1.47. The van der Waals surface area contributed by atoms with Gasteiger partial charge in [-0.25, -0.2) is 4.79 Å². The molecule has 1 saturated heterocycles. The molecule has 0 aromatic heterocycles. The molecule has 4 nitrogen and oxygen atoms in total. The Balaban J connectivity index is 2.63. The highest BCUT2D eigenvalue weighted by Gasteiger charge is 2.30. The summed E-state index contributed by atoms with van der Waals surface area (Å²) in [6, 6.07) is -0.146. The van der Waals surface area contributed by atoms with Crippen molar-refractivity contribution in [3.63, 3.8) is 0 Å². The van der Waals surface area contributed by atoms with Crippen molar-refractivity contribution < 1.29 is 14.6 Å². The number of likely N-dealkylation sites (tertiary alicyclic amines) is 1. The monoisotopic (exact) mass is 171 g/mol. The molecule has 1 amide bonds. The van der Waals surface area contributed by atoms with Gasteiger partial charge in [0.1, 0.15) is 5.76 Å². The molecule has 0 saturated carbocycles. The topological polar surface area (TPSA) is 49.8 Å². The normalized spacial score (nSPS) is 22.4. The third-order valence-corrected chi connectivity index (χ3v) is 2.13. The first-order valence-corrected chi connectivity index (χ1v) is 3.89. The second-order valence-electron chi connectivity index (χ2n) is 2.80. The van der Waals surface area contributed by atoms with Crippen molar-refractivity contribution in [2.75, 3.05) is 13.7 Å². The average Bonchev–Trinajstić information content (AvgIpc) is 2.50. The summed E-state index contributed by atoms with van der Waals surface area (Å²) in [4.78, 5) is 12.0. The number of ether oxygens (including phenoxy) is 1. The summed E-state index contributed by atoms with van der Waals surface area (Å²) in [5.41, 5.74) is 0. The molecule has 1 aliphatic rings. The summed E-state index contributed by atoms with van der Waals surface area (Å²) in [6.45, 7) is 4.25. The first-order valence-electron chi connectivity index (χ1n) is 3.89. The zero-order chi connectivity index (χ0) is 9.14. The van der Waals surface area contributed by atoms with Gasteiger partial charge in [0.25, 0.3) is 0 Å². The Labute approximate surface area is 71.4 Å². The minimum Gasteiger partial charge on any atom is -0.500 e. The summed E-state index contributed by atoms with van der Waals surface area (Å²) in [7, 11) is 1.51. The van der Waals surface area contributed by atoms with Crippen LogP contribution >= 0.6 is 0 Å². The van der Waals surface area contributed by atoms with E-state index in [1.807, 2.05) is 0 Å². The molecule has 1 atom stereocenters. The molecule has 0 bridgehead atoms. The van der Waals surface area contributed by atoms with E-state index in [0.29, 0.717) is 12.3 Å². The van der Waals surface area contributed by atoms with Gasteiger partial charge in [0, 0.05) is 6.54 Å². The number of hydrogen-bond acceptors (Lipinski definition) is 2. The molecule has 0 spiro atoms. The van der Waals surface area contributed by atoms with Gasteiger partial charge < -0.3 is 9.84 Å². The van der Waals surface area contributed by atoms with Crippen molar-refractivity contribution in [1.29, 1.82) is 0 Å². The maximum atomic E-state index is 10.7. The Bertz CT molecular complexity index is 202. The van der Waals surface area contributed by atoms with Gasteiger partial charge in [0.2, 0.25) is 0 Å². The lowest BCUT2D eigenvalue weighted by Crippen LogP contribution is -2.35. The molecule has 1 aliphatic heterocycles. The Morgan fingerprint density at radius 1 is 1.75 bits per heavy atom. The highest BCUT2D eigenvalue weighted by molar-refractivity contribution is 5.66. The molecule has 4 heteroatoms. The van der Waals surface area contributed by atoms with Crippen LogP contribution in [0.5, 0.6) is 0 Å². The van der Waals surface area contributed by atoms with Gasteiger partial charge in [0.05, 0.1) is 13.2 Å². The van der Waals surface area contributed by atoms with Gasteiger partial charge in [-0.1, -0.05) is 6.58 Å². The van der Waals surface area contributed by atoms with Gasteiger partial charge in [-0.2, -0.15) is 0 Å². The van der Waals surface area contributed by atoms with Gasteiger partial charge in [-0.15, -0.1) is 0 Å². The third-order valence-electron chi connectivity index (χ3n) is 2.13. The van der Waals surface area contributed by atoms with E-state index in [4.69, 9.17) is 9.84 Å². The standard InChI is InChI=1S/C8H13NO3/c1-6(12-2)7-4-3-5-9(7)8(10)11/h7H,1,3-5H2,2H3,(H,10,11)/t7-/m0/s1. The second kappa shape index (κ2) is 3.47. The molecule has 68 valence electrons. The van der Waals surface area contributed by atoms with Crippen LogP contribution < -0.4 is 0 Å². The molecular weight excluding hydrogens is 158 g/mol. The summed E-state index contributed by atoms with van der Waals surface area (Å²) < 4.78 is 4.92. The lowest BCUT2D eigenvalue weighted by molar-refractivity contribution is 0.130. The summed E-state index contributed by atoms with van der Waals surface area (Å²) >= 11 is 0. The van der Waals surface area contributed by atoms with Crippen LogP contribution in [0, 0.1) is 0 Å². The van der Waals surface area contributed by atoms with E-state index in [9.17, 15) is 4.79 Å². The number of hydrogen-bond donors (Lipinski definition) is 1. The first-order chi connectivity index (χ1) is 5.66. The van der Waals surface area contributed by atoms with Crippen LogP contribution in [0.2, 0.25) is 0 Å². The van der Waals surface area contributed by atoms with E-state index in [1.54, 1.807) is 0 Å². The van der Waals surface area contributed by atoms with Crippen molar-refractivity contribution in [2.24, 2.45) is 0 Å². The largest absolute Gasteiger partial charge is 0.500 e. The first kappa shape index (κ1) is 8.90. The lowest BCUT2D eigenvalue weighted by atomic mass is 10.2. The maximum Gasteiger partial charge on any atom is 0.407 e. The van der Waals surface area contributed by atoms with Crippen molar-refractivity contribution in [1.82, 2.24) is 4.90 Å². The zero-order valence-electron chi connectivity index (χ0n) is 7.12. The van der Waals surface area contributed by atoms with E-state index in [1.165, 1.54) is 12.0 Å². The predicted molar refractivity (Wildman–Crippen MR) is 43.9 cm³/mol. The van der Waals surface area contributed by atoms with Crippen LogP contribution in [-0.2, 0) is 4.74 Å². The molecule has 0 aromatic carbocycles. The number of carbonyl (C=O) groups is 1. The number of amides is 1. The van der Waals surface area contributed by atoms with Crippen LogP contribution in [0.3, 0.4) is 0 Å². The summed E-state index contributed by atoms with van der Waals surface area (Å²) in [6.07, 6.45) is 0.814. The second-order valence-corrected chi connectivity index (χ2v) is 2.80. The SMILES string of the molecule is C=C(OC)[C@@H]1CCCN1C(=O)O. The highest BCUT2D eigenvalue weighted by Crippen LogP contribution is 2.22. The van der Waals surface area contributed by atoms with E-state index in [2.05, 4.69) is 6.58 Å². The average molecular weight is 171 g/mol. The molecule has 0 radical (unpaired) electrons. The Morgan fingerprint density at radius 3 is 2.92 bits per heavy atom. The van der Waals surface area contributed by atoms with Gasteiger partial charge in [-0.3, -0.25) is 4.90 Å². The third kappa shape index (κ3) is 1.52. The number of nitrogens with zero attached hydrogens (tertiary/aromatic N) is 1. The molecule has 0 unspecified atom stereocenters. The van der Waals surface area contributed by atoms with Gasteiger partial charge >= 0.3 is 6.09 Å². The van der Waals surface area contributed by atoms with E-state index in [0.717, 1.165) is 12.8 Å². The lowest BCUT2D eigenvalue weighted by Gasteiger charge is -2.22. The van der Waals surface area contributed by atoms with Crippen LogP contribution in [0.15, 0.2) is 12.3 Å². The maximum absolute atomic E-state index is 10.7. The minimum absolute atomic E-state index is 0.146. The molecule has 1 rings (SSSR count). The zero-order valence-corrected chi connectivity index (χ0v) is 7.12. The van der Waals surface area contributed by atoms with Crippen LogP contribution in [0.25, 0.3) is 0 Å². The van der Waals surface area contributed by atoms with E-state index in [-0.39, 0.29) is 6.04 Å². The van der Waals surface area contributed by atoms with Gasteiger partial charge in [0.15, 0.2) is 0 Å². The predicted octanol–water partition coefficient (Wildman–Crippen LogP) is 1.29. The summed E-state index contributed by atoms with van der Waals surface area (Å²) in [5.74, 6) is 0.537. The minimum atomic E-state index is -0.893. The van der Waals surface area contributed by atoms with Crippen LogP contribution in [0.1, 0.15) is 12.8 Å². The quantitative estimate of drug-likeness (QED) is 0.637. The van der Waals surface area contributed by atoms with E-state index < -0.39 is 6.09 Å². The molecule has 1 heterocycles. The molecule has 0 aromatic rings. The number of methoxy groups -OCH3 is 1. The molecule has 0 aliphatic carbocycles. The Morgan fingerprint density at radius 2 is 2.42 bits per heavy atom. The van der Waals surface area contributed by atoms with Crippen molar-refractivity contribution in [3.8, 4) is 0 Å². The number of rotatable bonds is 2. The van der Waals surface area contributed by atoms with Crippen molar-refractivity contribution >= 4 is 6.09 Å². The van der Waals surface area contributed by atoms with Crippen LogP contribution in [-0.4, -0.2) is 35.8 Å². The Kier molecular flexibility index (Phi) is 2.58. The van der Waals surface area contributed by atoms with Crippen molar-refractivity contribution in [2.45, 2.75) is 18.9 Å². The van der Waals surface area contributed by atoms with Crippen molar-refractivity contribution in [3.05, 3.63) is 12.3 Å².